The Balaban J connectivity index is 1.40. The summed E-state index contributed by atoms with van der Waals surface area (Å²) in [6.45, 7) is 6.03. The zero-order valence-electron chi connectivity index (χ0n) is 18.9. The summed E-state index contributed by atoms with van der Waals surface area (Å²) < 4.78 is 0. The maximum atomic E-state index is 11.8. The van der Waals surface area contributed by atoms with Crippen LogP contribution >= 0.6 is 0 Å². The van der Waals surface area contributed by atoms with Crippen LogP contribution in [0.5, 0.6) is 0 Å². The van der Waals surface area contributed by atoms with Gasteiger partial charge in [0.2, 0.25) is 0 Å². The number of aliphatic carboxylic acids is 1. The maximum absolute atomic E-state index is 11.8. The van der Waals surface area contributed by atoms with Gasteiger partial charge in [0.05, 0.1) is 17.9 Å². The molecule has 2 saturated carbocycles. The molecule has 0 amide bonds. The number of likely N-dealkylation sites (tertiary alicyclic amines) is 1. The van der Waals surface area contributed by atoms with E-state index in [4.69, 9.17) is 5.26 Å². The quantitative estimate of drug-likeness (QED) is 0.594. The number of piperidine rings is 1. The average molecular weight is 424 g/mol. The minimum absolute atomic E-state index is 0.226. The number of nitrogens with zero attached hydrogens (tertiary/aromatic N) is 2. The van der Waals surface area contributed by atoms with Gasteiger partial charge in [0, 0.05) is 19.1 Å². The number of carboxylic acid groups (broad SMARTS) is 1. The van der Waals surface area contributed by atoms with Crippen molar-refractivity contribution in [3.63, 3.8) is 0 Å². The van der Waals surface area contributed by atoms with E-state index in [9.17, 15) is 9.90 Å². The normalized spacial score (nSPS) is 26.6. The molecule has 4 rings (SSSR count). The molecule has 0 bridgehead atoms. The van der Waals surface area contributed by atoms with Crippen LogP contribution < -0.4 is 5.32 Å². The molecule has 0 radical (unpaired) electrons. The lowest BCUT2D eigenvalue weighted by atomic mass is 9.67. The zero-order valence-corrected chi connectivity index (χ0v) is 18.9. The summed E-state index contributed by atoms with van der Waals surface area (Å²) in [6.07, 6.45) is 9.02. The third-order valence-corrected chi connectivity index (χ3v) is 8.28. The van der Waals surface area contributed by atoms with Gasteiger partial charge in [0.15, 0.2) is 0 Å². The molecule has 3 aliphatic rings. The Morgan fingerprint density at radius 2 is 1.87 bits per heavy atom. The minimum atomic E-state index is -0.603. The molecule has 1 aromatic rings. The minimum Gasteiger partial charge on any atom is -0.481 e. The summed E-state index contributed by atoms with van der Waals surface area (Å²) in [7, 11) is 0. The second-order valence-corrected chi connectivity index (χ2v) is 10.4. The summed E-state index contributed by atoms with van der Waals surface area (Å²) in [5, 5.41) is 22.5. The van der Waals surface area contributed by atoms with Crippen molar-refractivity contribution in [2.75, 3.05) is 26.2 Å². The highest BCUT2D eigenvalue weighted by Gasteiger charge is 2.47. The van der Waals surface area contributed by atoms with Crippen molar-refractivity contribution in [1.82, 2.24) is 10.2 Å². The lowest BCUT2D eigenvalue weighted by Crippen LogP contribution is -2.52. The number of nitriles is 1. The number of hydrogen-bond donors (Lipinski definition) is 2. The third-order valence-electron chi connectivity index (χ3n) is 8.28. The van der Waals surface area contributed by atoms with E-state index >= 15 is 0 Å². The standard InChI is InChI=1S/C26H37N3O2/c1-2-22-16-23(22)28-18-25(17-21-6-4-20(5-7-21)8-13-27)11-14-29(15-12-25)19-26(24(30)31)9-3-10-26/h4-7,22-23,28H,2-3,8-12,14-19H2,1H3,(H,30,31)/t22?,23-/m1/s1. The molecule has 5 heteroatoms. The van der Waals surface area contributed by atoms with Gasteiger partial charge in [-0.3, -0.25) is 4.79 Å². The van der Waals surface area contributed by atoms with Crippen molar-refractivity contribution in [2.45, 2.75) is 70.8 Å². The Labute approximate surface area is 186 Å². The Morgan fingerprint density at radius 1 is 1.19 bits per heavy atom. The van der Waals surface area contributed by atoms with E-state index in [1.165, 1.54) is 18.4 Å². The fraction of sp³-hybridized carbons (Fsp3) is 0.692. The van der Waals surface area contributed by atoms with Gasteiger partial charge in [-0.25, -0.2) is 0 Å². The number of carboxylic acids is 1. The van der Waals surface area contributed by atoms with Crippen molar-refractivity contribution in [3.8, 4) is 6.07 Å². The highest BCUT2D eigenvalue weighted by atomic mass is 16.4. The molecule has 1 unspecified atom stereocenters. The molecule has 1 aliphatic heterocycles. The van der Waals surface area contributed by atoms with E-state index in [1.807, 2.05) is 0 Å². The molecule has 168 valence electrons. The monoisotopic (exact) mass is 423 g/mol. The number of carbonyl (C=O) groups is 1. The highest BCUT2D eigenvalue weighted by Crippen LogP contribution is 2.44. The van der Waals surface area contributed by atoms with E-state index in [1.54, 1.807) is 0 Å². The Hall–Kier alpha value is -1.90. The first-order valence-electron chi connectivity index (χ1n) is 12.1. The molecule has 5 nitrogen and oxygen atoms in total. The first kappa shape index (κ1) is 22.3. The molecule has 2 N–H and O–H groups in total. The van der Waals surface area contributed by atoms with Crippen LogP contribution in [0.15, 0.2) is 24.3 Å². The lowest BCUT2D eigenvalue weighted by molar-refractivity contribution is -0.156. The molecule has 1 heterocycles. The summed E-state index contributed by atoms with van der Waals surface area (Å²) in [5.74, 6) is 0.241. The van der Waals surface area contributed by atoms with Gasteiger partial charge < -0.3 is 15.3 Å². The van der Waals surface area contributed by atoms with Crippen LogP contribution in [-0.2, 0) is 17.6 Å². The molecule has 2 aliphatic carbocycles. The first-order valence-corrected chi connectivity index (χ1v) is 12.1. The van der Waals surface area contributed by atoms with Gasteiger partial charge in [0.25, 0.3) is 0 Å². The SMILES string of the molecule is CCC1C[C@H]1NCC1(Cc2ccc(CC#N)cc2)CCN(CC2(C(=O)O)CCC2)CC1. The number of rotatable bonds is 10. The molecule has 0 spiro atoms. The topological polar surface area (TPSA) is 76.4 Å². The number of hydrogen-bond acceptors (Lipinski definition) is 4. The first-order chi connectivity index (χ1) is 15.0. The molecular weight excluding hydrogens is 386 g/mol. The number of benzene rings is 1. The van der Waals surface area contributed by atoms with Gasteiger partial charge in [0.1, 0.15) is 0 Å². The van der Waals surface area contributed by atoms with Crippen LogP contribution in [0, 0.1) is 28.1 Å². The van der Waals surface area contributed by atoms with Crippen LogP contribution in [0.2, 0.25) is 0 Å². The van der Waals surface area contributed by atoms with Crippen molar-refractivity contribution >= 4 is 5.97 Å². The number of nitrogens with one attached hydrogen (secondary N) is 1. The van der Waals surface area contributed by atoms with E-state index in [2.05, 4.69) is 47.5 Å². The Morgan fingerprint density at radius 3 is 2.39 bits per heavy atom. The second-order valence-electron chi connectivity index (χ2n) is 10.4. The van der Waals surface area contributed by atoms with Gasteiger partial charge >= 0.3 is 5.97 Å². The van der Waals surface area contributed by atoms with Crippen molar-refractivity contribution in [1.29, 1.82) is 5.26 Å². The predicted octanol–water partition coefficient (Wildman–Crippen LogP) is 4.02. The van der Waals surface area contributed by atoms with Crippen LogP contribution in [0.1, 0.15) is 63.0 Å². The van der Waals surface area contributed by atoms with Crippen molar-refractivity contribution < 1.29 is 9.90 Å². The molecule has 3 fully saturated rings. The van der Waals surface area contributed by atoms with Crippen molar-refractivity contribution in [2.24, 2.45) is 16.7 Å². The zero-order chi connectivity index (χ0) is 21.9. The molecule has 2 atom stereocenters. The van der Waals surface area contributed by atoms with Gasteiger partial charge in [-0.15, -0.1) is 0 Å². The average Bonchev–Trinajstić information content (AvgIpc) is 3.51. The molecule has 1 saturated heterocycles. The van der Waals surface area contributed by atoms with Crippen LogP contribution in [0.4, 0.5) is 0 Å². The summed E-state index contributed by atoms with van der Waals surface area (Å²) >= 11 is 0. The fourth-order valence-corrected chi connectivity index (χ4v) is 5.67. The smallest absolute Gasteiger partial charge is 0.310 e. The Kier molecular flexibility index (Phi) is 6.69. The fourth-order valence-electron chi connectivity index (χ4n) is 5.67. The van der Waals surface area contributed by atoms with Crippen molar-refractivity contribution in [3.05, 3.63) is 35.4 Å². The van der Waals surface area contributed by atoms with Crippen LogP contribution in [-0.4, -0.2) is 48.2 Å². The third kappa shape index (κ3) is 5.13. The van der Waals surface area contributed by atoms with Gasteiger partial charge in [-0.05, 0) is 74.1 Å². The largest absolute Gasteiger partial charge is 0.481 e. The lowest BCUT2D eigenvalue weighted by Gasteiger charge is -2.47. The molecule has 1 aromatic carbocycles. The highest BCUT2D eigenvalue weighted by molar-refractivity contribution is 5.76. The van der Waals surface area contributed by atoms with Gasteiger partial charge in [-0.2, -0.15) is 5.26 Å². The van der Waals surface area contributed by atoms with E-state index in [0.29, 0.717) is 12.5 Å². The summed E-state index contributed by atoms with van der Waals surface area (Å²) in [4.78, 5) is 14.2. The maximum Gasteiger partial charge on any atom is 0.310 e. The molecule has 0 aromatic heterocycles. The summed E-state index contributed by atoms with van der Waals surface area (Å²) in [6, 6.07) is 11.5. The second kappa shape index (κ2) is 9.30. The van der Waals surface area contributed by atoms with Crippen LogP contribution in [0.25, 0.3) is 0 Å². The van der Waals surface area contributed by atoms with Crippen LogP contribution in [0.3, 0.4) is 0 Å². The van der Waals surface area contributed by atoms with E-state index in [-0.39, 0.29) is 5.41 Å². The molecule has 31 heavy (non-hydrogen) atoms. The summed E-state index contributed by atoms with van der Waals surface area (Å²) in [5.41, 5.74) is 2.17. The predicted molar refractivity (Wildman–Crippen MR) is 122 cm³/mol. The Bertz CT molecular complexity index is 801. The van der Waals surface area contributed by atoms with Gasteiger partial charge in [-0.1, -0.05) is 44.0 Å². The van der Waals surface area contributed by atoms with E-state index < -0.39 is 11.4 Å². The molecular formula is C26H37N3O2. The van der Waals surface area contributed by atoms with E-state index in [0.717, 1.165) is 76.2 Å².